The van der Waals surface area contributed by atoms with Gasteiger partial charge in [-0.2, -0.15) is 0 Å². The Labute approximate surface area is 93.4 Å². The van der Waals surface area contributed by atoms with E-state index < -0.39 is 0 Å². The van der Waals surface area contributed by atoms with Gasteiger partial charge in [0.05, 0.1) is 0 Å². The lowest BCUT2D eigenvalue weighted by molar-refractivity contribution is -0.114. The van der Waals surface area contributed by atoms with Gasteiger partial charge in [-0.15, -0.1) is 0 Å². The van der Waals surface area contributed by atoms with E-state index in [1.807, 2.05) is 0 Å². The predicted molar refractivity (Wildman–Crippen MR) is 63.8 cm³/mol. The number of carbonyl (C=O) groups is 1. The van der Waals surface area contributed by atoms with Crippen LogP contribution < -0.4 is 0 Å². The molecule has 0 spiro atoms. The molecule has 0 aliphatic carbocycles. The molecule has 15 heavy (non-hydrogen) atoms. The minimum Gasteiger partial charge on any atom is -0.396 e. The van der Waals surface area contributed by atoms with E-state index in [-0.39, 0.29) is 5.78 Å². The van der Waals surface area contributed by atoms with Gasteiger partial charge in [0.25, 0.3) is 0 Å². The molecule has 0 rings (SSSR count). The van der Waals surface area contributed by atoms with Crippen molar-refractivity contribution in [3.05, 3.63) is 12.7 Å². The van der Waals surface area contributed by atoms with Crippen LogP contribution in [0.5, 0.6) is 0 Å². The Kier molecular flexibility index (Phi) is 11.0. The van der Waals surface area contributed by atoms with Crippen LogP contribution >= 0.6 is 0 Å². The Morgan fingerprint density at radius 2 is 1.40 bits per heavy atom. The Morgan fingerprint density at radius 3 is 1.87 bits per heavy atom. The second-order valence-corrected chi connectivity index (χ2v) is 3.97. The summed E-state index contributed by atoms with van der Waals surface area (Å²) in [6.45, 7) is 3.77. The number of hydrogen-bond acceptors (Lipinski definition) is 2. The molecule has 0 aliphatic rings. The normalized spacial score (nSPS) is 10.2. The minimum atomic E-state index is 0.165. The topological polar surface area (TPSA) is 37.3 Å². The Hall–Kier alpha value is -0.630. The highest BCUT2D eigenvalue weighted by Crippen LogP contribution is 2.09. The third kappa shape index (κ3) is 11.3. The second kappa shape index (κ2) is 11.4. The van der Waals surface area contributed by atoms with Gasteiger partial charge in [0, 0.05) is 13.0 Å². The fraction of sp³-hybridized carbons (Fsp3) is 0.769. The number of aliphatic hydroxyl groups excluding tert-OH is 1. The van der Waals surface area contributed by atoms with Crippen molar-refractivity contribution in [2.45, 2.75) is 57.8 Å². The van der Waals surface area contributed by atoms with Gasteiger partial charge in [-0.25, -0.2) is 0 Å². The molecule has 0 amide bonds. The SMILES string of the molecule is C=CC(=O)CCCCCCCCCCO. The van der Waals surface area contributed by atoms with Crippen molar-refractivity contribution >= 4 is 5.78 Å². The van der Waals surface area contributed by atoms with Gasteiger partial charge < -0.3 is 5.11 Å². The molecule has 0 atom stereocenters. The van der Waals surface area contributed by atoms with Crippen LogP contribution in [0.3, 0.4) is 0 Å². The molecule has 0 aromatic rings. The van der Waals surface area contributed by atoms with E-state index in [1.54, 1.807) is 0 Å². The Balaban J connectivity index is 2.98. The molecule has 0 aromatic heterocycles. The number of carbonyl (C=O) groups excluding carboxylic acids is 1. The highest BCUT2D eigenvalue weighted by molar-refractivity contribution is 5.88. The number of rotatable bonds is 11. The molecular formula is C13H24O2. The van der Waals surface area contributed by atoms with E-state index in [9.17, 15) is 4.79 Å². The van der Waals surface area contributed by atoms with Crippen LogP contribution in [0.15, 0.2) is 12.7 Å². The molecule has 0 aromatic carbocycles. The standard InChI is InChI=1S/C13H24O2/c1-2-13(15)11-9-7-5-3-4-6-8-10-12-14/h2,14H,1,3-12H2. The van der Waals surface area contributed by atoms with Crippen LogP contribution in [0.2, 0.25) is 0 Å². The fourth-order valence-corrected chi connectivity index (χ4v) is 1.57. The average molecular weight is 212 g/mol. The van der Waals surface area contributed by atoms with Crippen LogP contribution in [0.25, 0.3) is 0 Å². The molecule has 0 fully saturated rings. The van der Waals surface area contributed by atoms with Crippen molar-refractivity contribution in [3.63, 3.8) is 0 Å². The minimum absolute atomic E-state index is 0.165. The molecular weight excluding hydrogens is 188 g/mol. The van der Waals surface area contributed by atoms with Crippen molar-refractivity contribution in [3.8, 4) is 0 Å². The molecule has 2 nitrogen and oxygen atoms in total. The summed E-state index contributed by atoms with van der Waals surface area (Å²) in [6.07, 6.45) is 11.3. The molecule has 0 saturated heterocycles. The van der Waals surface area contributed by atoms with Crippen LogP contribution in [0.4, 0.5) is 0 Å². The van der Waals surface area contributed by atoms with Crippen LogP contribution in [0.1, 0.15) is 57.8 Å². The number of unbranched alkanes of at least 4 members (excludes halogenated alkanes) is 7. The summed E-state index contributed by atoms with van der Waals surface area (Å²) < 4.78 is 0. The van der Waals surface area contributed by atoms with E-state index in [1.165, 1.54) is 31.8 Å². The Bertz CT molecular complexity index is 164. The molecule has 0 bridgehead atoms. The molecule has 0 aliphatic heterocycles. The maximum Gasteiger partial charge on any atom is 0.155 e. The second-order valence-electron chi connectivity index (χ2n) is 3.97. The van der Waals surface area contributed by atoms with Gasteiger partial charge in [0.1, 0.15) is 0 Å². The van der Waals surface area contributed by atoms with Crippen molar-refractivity contribution in [2.75, 3.05) is 6.61 Å². The monoisotopic (exact) mass is 212 g/mol. The highest BCUT2D eigenvalue weighted by Gasteiger charge is 1.95. The summed E-state index contributed by atoms with van der Waals surface area (Å²) in [7, 11) is 0. The summed E-state index contributed by atoms with van der Waals surface area (Å²) in [4.78, 5) is 10.9. The van der Waals surface area contributed by atoms with Gasteiger partial charge >= 0.3 is 0 Å². The lowest BCUT2D eigenvalue weighted by Gasteiger charge is -2.00. The molecule has 0 unspecified atom stereocenters. The number of hydrogen-bond donors (Lipinski definition) is 1. The van der Waals surface area contributed by atoms with Gasteiger partial charge in [-0.3, -0.25) is 4.79 Å². The maximum absolute atomic E-state index is 10.9. The quantitative estimate of drug-likeness (QED) is 0.421. The van der Waals surface area contributed by atoms with Crippen molar-refractivity contribution in [2.24, 2.45) is 0 Å². The van der Waals surface area contributed by atoms with E-state index in [4.69, 9.17) is 5.11 Å². The smallest absolute Gasteiger partial charge is 0.155 e. The van der Waals surface area contributed by atoms with E-state index in [0.29, 0.717) is 13.0 Å². The molecule has 0 heterocycles. The molecule has 88 valence electrons. The lowest BCUT2D eigenvalue weighted by atomic mass is 10.1. The zero-order valence-electron chi connectivity index (χ0n) is 9.71. The zero-order chi connectivity index (χ0) is 11.4. The summed E-state index contributed by atoms with van der Waals surface area (Å²) in [5.41, 5.74) is 0. The lowest BCUT2D eigenvalue weighted by Crippen LogP contribution is -1.91. The first-order valence-electron chi connectivity index (χ1n) is 6.07. The first-order valence-corrected chi connectivity index (χ1v) is 6.07. The molecule has 2 heteroatoms. The van der Waals surface area contributed by atoms with E-state index in [0.717, 1.165) is 25.7 Å². The third-order valence-electron chi connectivity index (χ3n) is 2.56. The van der Waals surface area contributed by atoms with Gasteiger partial charge in [-0.1, -0.05) is 45.1 Å². The first-order chi connectivity index (χ1) is 7.31. The summed E-state index contributed by atoms with van der Waals surface area (Å²) in [5, 5.41) is 8.57. The largest absolute Gasteiger partial charge is 0.396 e. The maximum atomic E-state index is 10.9. The van der Waals surface area contributed by atoms with Crippen LogP contribution in [-0.4, -0.2) is 17.5 Å². The van der Waals surface area contributed by atoms with Gasteiger partial charge in [0.2, 0.25) is 0 Å². The summed E-state index contributed by atoms with van der Waals surface area (Å²) in [5.74, 6) is 0.165. The van der Waals surface area contributed by atoms with Gasteiger partial charge in [-0.05, 0) is 18.9 Å². The number of aliphatic hydroxyl groups is 1. The number of ketones is 1. The van der Waals surface area contributed by atoms with Crippen molar-refractivity contribution in [1.29, 1.82) is 0 Å². The number of allylic oxidation sites excluding steroid dienone is 1. The fourth-order valence-electron chi connectivity index (χ4n) is 1.57. The van der Waals surface area contributed by atoms with Gasteiger partial charge in [0.15, 0.2) is 5.78 Å². The molecule has 1 N–H and O–H groups in total. The van der Waals surface area contributed by atoms with E-state index >= 15 is 0 Å². The molecule has 0 saturated carbocycles. The van der Waals surface area contributed by atoms with Crippen molar-refractivity contribution in [1.82, 2.24) is 0 Å². The predicted octanol–water partition coefficient (Wildman–Crippen LogP) is 3.24. The van der Waals surface area contributed by atoms with E-state index in [2.05, 4.69) is 6.58 Å². The van der Waals surface area contributed by atoms with Crippen LogP contribution in [0, 0.1) is 0 Å². The van der Waals surface area contributed by atoms with Crippen LogP contribution in [-0.2, 0) is 4.79 Å². The molecule has 0 radical (unpaired) electrons. The summed E-state index contributed by atoms with van der Waals surface area (Å²) >= 11 is 0. The Morgan fingerprint density at radius 1 is 0.933 bits per heavy atom. The summed E-state index contributed by atoms with van der Waals surface area (Å²) in [6, 6.07) is 0. The van der Waals surface area contributed by atoms with Crippen molar-refractivity contribution < 1.29 is 9.90 Å². The third-order valence-corrected chi connectivity index (χ3v) is 2.56. The first kappa shape index (κ1) is 14.4. The zero-order valence-corrected chi connectivity index (χ0v) is 9.71. The highest BCUT2D eigenvalue weighted by atomic mass is 16.2. The average Bonchev–Trinajstić information content (AvgIpc) is 2.26.